The van der Waals surface area contributed by atoms with E-state index in [0.29, 0.717) is 11.3 Å². The van der Waals surface area contributed by atoms with Crippen molar-refractivity contribution in [3.8, 4) is 11.5 Å². The lowest BCUT2D eigenvalue weighted by Gasteiger charge is -2.17. The lowest BCUT2D eigenvalue weighted by atomic mass is 9.90. The molecule has 2 saturated heterocycles. The van der Waals surface area contributed by atoms with Crippen LogP contribution in [0.4, 0.5) is 0 Å². The van der Waals surface area contributed by atoms with Crippen LogP contribution in [0.3, 0.4) is 0 Å². The van der Waals surface area contributed by atoms with Crippen LogP contribution in [-0.4, -0.2) is 36.5 Å². The van der Waals surface area contributed by atoms with Crippen LogP contribution in [0.5, 0.6) is 11.5 Å². The van der Waals surface area contributed by atoms with E-state index in [2.05, 4.69) is 6.58 Å². The monoisotopic (exact) mass is 380 g/mol. The first kappa shape index (κ1) is 18.7. The Morgan fingerprint density at radius 2 is 1.50 bits per heavy atom. The van der Waals surface area contributed by atoms with Gasteiger partial charge in [-0.3, -0.25) is 0 Å². The molecule has 2 aliphatic heterocycles. The Morgan fingerprint density at radius 1 is 1.00 bits per heavy atom. The van der Waals surface area contributed by atoms with Crippen molar-refractivity contribution in [2.75, 3.05) is 13.2 Å². The fourth-order valence-electron chi connectivity index (χ4n) is 3.29. The van der Waals surface area contributed by atoms with E-state index >= 15 is 0 Å². The number of carbonyl (C=O) groups excluding carboxylic acids is 1. The Balaban J connectivity index is 1.33. The predicted molar refractivity (Wildman–Crippen MR) is 104 cm³/mol. The summed E-state index contributed by atoms with van der Waals surface area (Å²) < 4.78 is 16.1. The number of ether oxygens (including phenoxy) is 3. The van der Waals surface area contributed by atoms with Crippen molar-refractivity contribution in [2.24, 2.45) is 5.92 Å². The summed E-state index contributed by atoms with van der Waals surface area (Å²) in [4.78, 5) is 12.5. The normalized spacial score (nSPS) is 21.0. The highest BCUT2D eigenvalue weighted by Gasteiger charge is 2.35. The first-order chi connectivity index (χ1) is 13.6. The van der Waals surface area contributed by atoms with E-state index in [4.69, 9.17) is 14.2 Å². The summed E-state index contributed by atoms with van der Waals surface area (Å²) in [5.74, 6) is 0.398. The third-order valence-corrected chi connectivity index (χ3v) is 5.13. The molecule has 5 nitrogen and oxygen atoms in total. The number of hydrogen-bond acceptors (Lipinski definition) is 5. The standard InChI is InChI=1S/C23H24O5/c1-15(18(11-21-13-26-21)12-22-14-27-22)23(25)28-20-8-4-17(5-9-20)10-16-2-6-19(24)7-3-16/h2-9,18,21-22,24H,1,10-14H2. The Hall–Kier alpha value is -2.63. The summed E-state index contributed by atoms with van der Waals surface area (Å²) in [6, 6.07) is 14.6. The molecule has 0 bridgehead atoms. The minimum atomic E-state index is -0.391. The van der Waals surface area contributed by atoms with Gasteiger partial charge in [-0.15, -0.1) is 0 Å². The number of phenolic OH excluding ortho intramolecular Hbond substituents is 1. The number of epoxide rings is 2. The quantitative estimate of drug-likeness (QED) is 0.311. The molecule has 0 aromatic heterocycles. The van der Waals surface area contributed by atoms with Crippen molar-refractivity contribution in [1.82, 2.24) is 0 Å². The molecule has 2 aliphatic rings. The molecule has 2 atom stereocenters. The third-order valence-electron chi connectivity index (χ3n) is 5.13. The number of carbonyl (C=O) groups is 1. The molecule has 0 radical (unpaired) electrons. The Bertz CT molecular complexity index is 818. The van der Waals surface area contributed by atoms with Gasteiger partial charge in [0.25, 0.3) is 0 Å². The summed E-state index contributed by atoms with van der Waals surface area (Å²) in [6.45, 7) is 5.50. The van der Waals surface area contributed by atoms with Crippen molar-refractivity contribution >= 4 is 5.97 Å². The third kappa shape index (κ3) is 5.21. The number of hydrogen-bond donors (Lipinski definition) is 1. The van der Waals surface area contributed by atoms with Crippen LogP contribution in [0.25, 0.3) is 0 Å². The molecule has 2 fully saturated rings. The highest BCUT2D eigenvalue weighted by Crippen LogP contribution is 2.32. The van der Waals surface area contributed by atoms with Gasteiger partial charge in [-0.2, -0.15) is 0 Å². The molecule has 146 valence electrons. The molecule has 0 saturated carbocycles. The highest BCUT2D eigenvalue weighted by molar-refractivity contribution is 5.90. The minimum Gasteiger partial charge on any atom is -0.508 e. The first-order valence-electron chi connectivity index (χ1n) is 9.58. The largest absolute Gasteiger partial charge is 0.508 e. The fourth-order valence-corrected chi connectivity index (χ4v) is 3.29. The van der Waals surface area contributed by atoms with E-state index in [1.54, 1.807) is 24.3 Å². The average Bonchev–Trinajstić information content (AvgIpc) is 3.61. The van der Waals surface area contributed by atoms with Crippen LogP contribution < -0.4 is 4.74 Å². The fraction of sp³-hybridized carbons (Fsp3) is 0.348. The zero-order chi connectivity index (χ0) is 19.5. The van der Waals surface area contributed by atoms with Crippen LogP contribution >= 0.6 is 0 Å². The van der Waals surface area contributed by atoms with Gasteiger partial charge in [-0.1, -0.05) is 30.8 Å². The maximum Gasteiger partial charge on any atom is 0.339 e. The van der Waals surface area contributed by atoms with E-state index < -0.39 is 5.97 Å². The number of benzene rings is 2. The van der Waals surface area contributed by atoms with E-state index in [1.165, 1.54) is 0 Å². The van der Waals surface area contributed by atoms with Gasteiger partial charge in [0, 0.05) is 5.57 Å². The zero-order valence-corrected chi connectivity index (χ0v) is 15.7. The molecule has 0 aliphatic carbocycles. The molecule has 0 spiro atoms. The van der Waals surface area contributed by atoms with Crippen molar-refractivity contribution in [1.29, 1.82) is 0 Å². The second-order valence-electron chi connectivity index (χ2n) is 7.48. The van der Waals surface area contributed by atoms with Gasteiger partial charge in [0.05, 0.1) is 25.4 Å². The van der Waals surface area contributed by atoms with Crippen LogP contribution in [0.2, 0.25) is 0 Å². The van der Waals surface area contributed by atoms with Crippen LogP contribution in [0, 0.1) is 5.92 Å². The molecular formula is C23H24O5. The van der Waals surface area contributed by atoms with Crippen molar-refractivity contribution < 1.29 is 24.1 Å². The van der Waals surface area contributed by atoms with Gasteiger partial charge in [-0.05, 0) is 60.6 Å². The molecule has 4 rings (SSSR count). The van der Waals surface area contributed by atoms with Gasteiger partial charge in [0.2, 0.25) is 0 Å². The number of phenols is 1. The van der Waals surface area contributed by atoms with E-state index in [-0.39, 0.29) is 23.9 Å². The summed E-state index contributed by atoms with van der Waals surface area (Å²) >= 11 is 0. The second-order valence-corrected chi connectivity index (χ2v) is 7.48. The van der Waals surface area contributed by atoms with Gasteiger partial charge >= 0.3 is 5.97 Å². The molecule has 2 unspecified atom stereocenters. The zero-order valence-electron chi connectivity index (χ0n) is 15.7. The number of rotatable bonds is 9. The summed E-state index contributed by atoms with van der Waals surface area (Å²) in [6.07, 6.45) is 2.78. The maximum atomic E-state index is 12.5. The Morgan fingerprint density at radius 3 is 2.00 bits per heavy atom. The Kier molecular flexibility index (Phi) is 5.46. The van der Waals surface area contributed by atoms with E-state index in [9.17, 15) is 9.90 Å². The molecule has 5 heteroatoms. The van der Waals surface area contributed by atoms with Crippen LogP contribution in [0.15, 0.2) is 60.7 Å². The topological polar surface area (TPSA) is 71.6 Å². The number of esters is 1. The number of aromatic hydroxyl groups is 1. The minimum absolute atomic E-state index is 0.0290. The molecule has 2 heterocycles. The molecule has 2 aromatic carbocycles. The van der Waals surface area contributed by atoms with Gasteiger partial charge in [0.1, 0.15) is 11.5 Å². The lowest BCUT2D eigenvalue weighted by molar-refractivity contribution is -0.130. The van der Waals surface area contributed by atoms with Gasteiger partial charge < -0.3 is 19.3 Å². The molecular weight excluding hydrogens is 356 g/mol. The molecule has 1 N–H and O–H groups in total. The average molecular weight is 380 g/mol. The Labute approximate surface area is 164 Å². The highest BCUT2D eigenvalue weighted by atomic mass is 16.6. The summed E-state index contributed by atoms with van der Waals surface area (Å²) in [5, 5.41) is 9.36. The second kappa shape index (κ2) is 8.17. The van der Waals surface area contributed by atoms with Crippen molar-refractivity contribution in [3.63, 3.8) is 0 Å². The lowest BCUT2D eigenvalue weighted by Crippen LogP contribution is -2.20. The predicted octanol–water partition coefficient (Wildman–Crippen LogP) is 3.64. The van der Waals surface area contributed by atoms with Crippen LogP contribution in [-0.2, 0) is 20.7 Å². The van der Waals surface area contributed by atoms with Crippen molar-refractivity contribution in [3.05, 3.63) is 71.8 Å². The maximum absolute atomic E-state index is 12.5. The van der Waals surface area contributed by atoms with Gasteiger partial charge in [0.15, 0.2) is 0 Å². The SMILES string of the molecule is C=C(C(=O)Oc1ccc(Cc2ccc(O)cc2)cc1)C(CC1CO1)CC1CO1. The molecule has 2 aromatic rings. The molecule has 0 amide bonds. The smallest absolute Gasteiger partial charge is 0.339 e. The van der Waals surface area contributed by atoms with Crippen LogP contribution in [0.1, 0.15) is 24.0 Å². The first-order valence-corrected chi connectivity index (χ1v) is 9.58. The van der Waals surface area contributed by atoms with E-state index in [1.807, 2.05) is 24.3 Å². The summed E-state index contributed by atoms with van der Waals surface area (Å²) in [7, 11) is 0. The van der Waals surface area contributed by atoms with E-state index in [0.717, 1.165) is 43.6 Å². The van der Waals surface area contributed by atoms with Gasteiger partial charge in [-0.25, -0.2) is 4.79 Å². The summed E-state index contributed by atoms with van der Waals surface area (Å²) in [5.41, 5.74) is 2.68. The van der Waals surface area contributed by atoms with Crippen molar-refractivity contribution in [2.45, 2.75) is 31.5 Å². The molecule has 28 heavy (non-hydrogen) atoms.